The Bertz CT molecular complexity index is 3240. The molecule has 1 heterocycles. The first-order valence-electron chi connectivity index (χ1n) is 22.3. The summed E-state index contributed by atoms with van der Waals surface area (Å²) < 4.78 is 0. The molecule has 9 aromatic carbocycles. The molecule has 310 valence electrons. The minimum atomic E-state index is -0.180. The van der Waals surface area contributed by atoms with Crippen LogP contribution in [0, 0.1) is 5.41 Å². The minimum absolute atomic E-state index is 0.180. The molecule has 2 N–H and O–H groups in total. The van der Waals surface area contributed by atoms with Gasteiger partial charge in [-0.3, -0.25) is 5.41 Å². The third kappa shape index (κ3) is 7.18. The van der Waals surface area contributed by atoms with E-state index in [-0.39, 0.29) is 5.41 Å². The van der Waals surface area contributed by atoms with Crippen molar-refractivity contribution >= 4 is 45.8 Å². The highest BCUT2D eigenvalue weighted by Gasteiger charge is 2.38. The fourth-order valence-corrected chi connectivity index (χ4v) is 9.85. The van der Waals surface area contributed by atoms with E-state index in [0.29, 0.717) is 5.71 Å². The predicted octanol–water partition coefficient (Wildman–Crippen LogP) is 15.8. The number of rotatable bonds is 9. The fraction of sp³-hybridized carbons (Fsp3) is 0.0484. The normalized spacial score (nSPS) is 14.0. The van der Waals surface area contributed by atoms with Crippen LogP contribution >= 0.6 is 0 Å². The number of allylic oxidation sites excluding steroid dienone is 1. The average molecular weight is 834 g/mol. The molecule has 0 aromatic heterocycles. The molecule has 9 aromatic rings. The van der Waals surface area contributed by atoms with Crippen molar-refractivity contribution in [2.24, 2.45) is 0 Å². The van der Waals surface area contributed by atoms with Crippen molar-refractivity contribution < 1.29 is 0 Å². The van der Waals surface area contributed by atoms with Gasteiger partial charge in [-0.15, -0.1) is 0 Å². The highest BCUT2D eigenvalue weighted by molar-refractivity contribution is 6.36. The van der Waals surface area contributed by atoms with Gasteiger partial charge in [0, 0.05) is 44.8 Å². The lowest BCUT2D eigenvalue weighted by molar-refractivity contribution is 0.660. The van der Waals surface area contributed by atoms with E-state index in [2.05, 4.69) is 224 Å². The standard InChI is InChI=1S/C62H47N3/c1-62(2)54-32-19-18-31-53(54)59-55(62)33-20-34-57(59)65(51-38-47(42-21-8-3-9-22-42)37-48(39-51)43-23-10-4-11-24-43)50-35-36-52-49(40-50)41-56(44-25-12-5-13-26-44)64-61(52)58(45-27-14-6-15-28-45)60(63)46-29-16-7-17-30-46/h3-41,63-64H,1-2H3/b61-58-,63-60?. The zero-order valence-electron chi connectivity index (χ0n) is 36.5. The molecule has 0 spiro atoms. The lowest BCUT2D eigenvalue weighted by Crippen LogP contribution is -2.21. The second-order valence-electron chi connectivity index (χ2n) is 17.4. The monoisotopic (exact) mass is 833 g/mol. The van der Waals surface area contributed by atoms with Crippen LogP contribution in [0.4, 0.5) is 17.1 Å². The van der Waals surface area contributed by atoms with Crippen LogP contribution in [-0.2, 0) is 5.41 Å². The Kier molecular flexibility index (Phi) is 10.0. The zero-order valence-corrected chi connectivity index (χ0v) is 36.5. The highest BCUT2D eigenvalue weighted by atomic mass is 15.1. The highest BCUT2D eigenvalue weighted by Crippen LogP contribution is 2.55. The molecule has 0 fully saturated rings. The summed E-state index contributed by atoms with van der Waals surface area (Å²) in [4.78, 5) is 2.47. The Morgan fingerprint density at radius 2 is 0.985 bits per heavy atom. The van der Waals surface area contributed by atoms with Crippen LogP contribution in [0.2, 0.25) is 0 Å². The Morgan fingerprint density at radius 3 is 1.62 bits per heavy atom. The molecule has 0 saturated heterocycles. The van der Waals surface area contributed by atoms with Gasteiger partial charge >= 0.3 is 0 Å². The molecule has 0 saturated carbocycles. The first kappa shape index (κ1) is 39.6. The molecule has 0 amide bonds. The van der Waals surface area contributed by atoms with Gasteiger partial charge in [0.05, 0.1) is 17.1 Å². The van der Waals surface area contributed by atoms with Crippen LogP contribution < -0.4 is 10.2 Å². The summed E-state index contributed by atoms with van der Waals surface area (Å²) in [7, 11) is 0. The van der Waals surface area contributed by atoms with Gasteiger partial charge in [-0.2, -0.15) is 0 Å². The van der Waals surface area contributed by atoms with Crippen LogP contribution in [0.1, 0.15) is 52.8 Å². The maximum Gasteiger partial charge on any atom is 0.0711 e. The number of nitrogens with one attached hydrogen (secondary N) is 2. The van der Waals surface area contributed by atoms with Gasteiger partial charge < -0.3 is 10.2 Å². The summed E-state index contributed by atoms with van der Waals surface area (Å²) in [5.41, 5.74) is 21.0. The van der Waals surface area contributed by atoms with Crippen molar-refractivity contribution in [1.29, 1.82) is 5.41 Å². The van der Waals surface area contributed by atoms with E-state index in [0.717, 1.165) is 84.1 Å². The average Bonchev–Trinajstić information content (AvgIpc) is 3.61. The second-order valence-corrected chi connectivity index (χ2v) is 17.4. The predicted molar refractivity (Wildman–Crippen MR) is 274 cm³/mol. The first-order chi connectivity index (χ1) is 31.9. The van der Waals surface area contributed by atoms with Crippen molar-refractivity contribution in [3.05, 3.63) is 269 Å². The molecule has 0 atom stereocenters. The SMILES string of the molecule is CC1(C)c2ccccc2-c2c(N(c3cc(-c4ccccc4)cc(-c4ccccc4)c3)c3ccc4c(c3)C=C(c3ccccc3)N/C4=C(\C(=N)c3ccccc3)c3ccccc3)cccc21. The van der Waals surface area contributed by atoms with Gasteiger partial charge in [0.1, 0.15) is 0 Å². The molecule has 1 aliphatic carbocycles. The number of fused-ring (bicyclic) bond motifs is 4. The summed E-state index contributed by atoms with van der Waals surface area (Å²) in [5.74, 6) is 0. The molecule has 0 bridgehead atoms. The van der Waals surface area contributed by atoms with Gasteiger partial charge in [-0.25, -0.2) is 0 Å². The molecule has 2 aliphatic rings. The molecule has 1 aliphatic heterocycles. The van der Waals surface area contributed by atoms with E-state index in [4.69, 9.17) is 0 Å². The van der Waals surface area contributed by atoms with Crippen molar-refractivity contribution in [2.75, 3.05) is 4.90 Å². The van der Waals surface area contributed by atoms with Crippen molar-refractivity contribution in [2.45, 2.75) is 19.3 Å². The lowest BCUT2D eigenvalue weighted by atomic mass is 9.82. The molecular formula is C62H47N3. The van der Waals surface area contributed by atoms with Gasteiger partial charge in [-0.05, 0) is 98.1 Å². The van der Waals surface area contributed by atoms with Crippen LogP contribution in [0.3, 0.4) is 0 Å². The number of hydrogen-bond acceptors (Lipinski definition) is 3. The van der Waals surface area contributed by atoms with E-state index in [1.165, 1.54) is 22.3 Å². The third-order valence-electron chi connectivity index (χ3n) is 13.0. The van der Waals surface area contributed by atoms with E-state index >= 15 is 0 Å². The molecule has 3 nitrogen and oxygen atoms in total. The Hall–Kier alpha value is -8.27. The van der Waals surface area contributed by atoms with Crippen molar-refractivity contribution in [3.63, 3.8) is 0 Å². The lowest BCUT2D eigenvalue weighted by Gasteiger charge is -2.31. The minimum Gasteiger partial charge on any atom is -0.354 e. The van der Waals surface area contributed by atoms with Crippen LogP contribution in [0.25, 0.3) is 56.4 Å². The molecule has 65 heavy (non-hydrogen) atoms. The van der Waals surface area contributed by atoms with E-state index < -0.39 is 0 Å². The number of benzene rings is 9. The summed E-state index contributed by atoms with van der Waals surface area (Å²) in [6.45, 7) is 4.70. The summed E-state index contributed by atoms with van der Waals surface area (Å²) in [6, 6.07) is 82.0. The Morgan fingerprint density at radius 1 is 0.446 bits per heavy atom. The molecular weight excluding hydrogens is 787 g/mol. The Labute approximate surface area is 381 Å². The first-order valence-corrected chi connectivity index (χ1v) is 22.3. The van der Waals surface area contributed by atoms with Gasteiger partial charge in [-0.1, -0.05) is 208 Å². The number of hydrogen-bond donors (Lipinski definition) is 2. The van der Waals surface area contributed by atoms with E-state index in [9.17, 15) is 5.41 Å². The van der Waals surface area contributed by atoms with Crippen molar-refractivity contribution in [3.8, 4) is 33.4 Å². The molecule has 0 radical (unpaired) electrons. The summed E-state index contributed by atoms with van der Waals surface area (Å²) in [5, 5.41) is 13.7. The van der Waals surface area contributed by atoms with Crippen LogP contribution in [0.5, 0.6) is 0 Å². The molecule has 11 rings (SSSR count). The van der Waals surface area contributed by atoms with Gasteiger partial charge in [0.2, 0.25) is 0 Å². The van der Waals surface area contributed by atoms with Crippen molar-refractivity contribution in [1.82, 2.24) is 5.32 Å². The fourth-order valence-electron chi connectivity index (χ4n) is 9.85. The number of anilines is 3. The molecule has 0 unspecified atom stereocenters. The van der Waals surface area contributed by atoms with E-state index in [1.807, 2.05) is 36.4 Å². The number of nitrogens with zero attached hydrogens (tertiary/aromatic N) is 1. The van der Waals surface area contributed by atoms with Crippen LogP contribution in [-0.4, -0.2) is 5.71 Å². The summed E-state index contributed by atoms with van der Waals surface area (Å²) >= 11 is 0. The zero-order chi connectivity index (χ0) is 43.9. The molecule has 3 heteroatoms. The third-order valence-corrected chi connectivity index (χ3v) is 13.0. The van der Waals surface area contributed by atoms with Gasteiger partial charge in [0.25, 0.3) is 0 Å². The quantitative estimate of drug-likeness (QED) is 0.142. The topological polar surface area (TPSA) is 39.1 Å². The smallest absolute Gasteiger partial charge is 0.0711 e. The van der Waals surface area contributed by atoms with E-state index in [1.54, 1.807) is 0 Å². The second kappa shape index (κ2) is 16.5. The largest absolute Gasteiger partial charge is 0.354 e. The maximum atomic E-state index is 9.83. The van der Waals surface area contributed by atoms with Gasteiger partial charge in [0.15, 0.2) is 0 Å². The summed E-state index contributed by atoms with van der Waals surface area (Å²) in [6.07, 6.45) is 2.27. The Balaban J connectivity index is 1.20. The maximum absolute atomic E-state index is 9.83. The van der Waals surface area contributed by atoms with Crippen LogP contribution in [0.15, 0.2) is 231 Å².